The Balaban J connectivity index is 1.29. The number of ether oxygens (including phenoxy) is 1. The summed E-state index contributed by atoms with van der Waals surface area (Å²) in [6, 6.07) is 19.5. The van der Waals surface area contributed by atoms with Gasteiger partial charge in [-0.05, 0) is 53.5 Å². The minimum absolute atomic E-state index is 0.0279. The van der Waals surface area contributed by atoms with Crippen LogP contribution in [0, 0.1) is 11.3 Å². The average molecular weight is 452 g/mol. The van der Waals surface area contributed by atoms with Crippen molar-refractivity contribution in [3.63, 3.8) is 0 Å². The first-order chi connectivity index (χ1) is 16.6. The number of carboxylic acids is 1. The Kier molecular flexibility index (Phi) is 4.80. The number of hydrogen-bond donors (Lipinski definition) is 2. The Labute approximate surface area is 198 Å². The van der Waals surface area contributed by atoms with Crippen LogP contribution in [0.2, 0.25) is 0 Å². The fourth-order valence-corrected chi connectivity index (χ4v) is 5.55. The second-order valence-corrected chi connectivity index (χ2v) is 9.56. The number of benzene rings is 2. The number of hydrogen-bond acceptors (Lipinski definition) is 5. The molecule has 0 radical (unpaired) electrons. The molecule has 6 heteroatoms. The summed E-state index contributed by atoms with van der Waals surface area (Å²) in [6.45, 7) is 0.358. The van der Waals surface area contributed by atoms with Crippen molar-refractivity contribution >= 4 is 11.7 Å². The monoisotopic (exact) mass is 451 g/mol. The van der Waals surface area contributed by atoms with Gasteiger partial charge in [-0.2, -0.15) is 5.26 Å². The van der Waals surface area contributed by atoms with Crippen LogP contribution < -0.4 is 10.1 Å². The standard InChI is InChI=1S/C28H25N3O3/c29-16-28(10-11-28)23-7-2-1-4-21(23)19-5-3-6-22-20(19)8-9-24(22)31-18-13-25-27(30-14-18)17(15-34-25)12-26(32)33/h1-7,13-14,17,24,31H,8-12,15H2,(H,32,33)/t17?,24-/m1/s1. The van der Waals surface area contributed by atoms with Gasteiger partial charge < -0.3 is 15.2 Å². The highest BCUT2D eigenvalue weighted by atomic mass is 16.5. The van der Waals surface area contributed by atoms with Crippen molar-refractivity contribution in [3.05, 3.63) is 77.1 Å². The van der Waals surface area contributed by atoms with E-state index in [1.165, 1.54) is 22.3 Å². The molecule has 2 heterocycles. The fraction of sp³-hybridized carbons (Fsp3) is 0.321. The van der Waals surface area contributed by atoms with Crippen molar-refractivity contribution in [2.24, 2.45) is 0 Å². The number of nitrogens with zero attached hydrogens (tertiary/aromatic N) is 2. The van der Waals surface area contributed by atoms with Gasteiger partial charge in [0, 0.05) is 12.0 Å². The van der Waals surface area contributed by atoms with Gasteiger partial charge in [-0.1, -0.05) is 42.5 Å². The maximum atomic E-state index is 11.1. The normalized spacial score (nSPS) is 21.1. The third-order valence-electron chi connectivity index (χ3n) is 7.44. The number of carbonyl (C=O) groups is 1. The highest BCUT2D eigenvalue weighted by Crippen LogP contribution is 2.52. The second-order valence-electron chi connectivity index (χ2n) is 9.56. The largest absolute Gasteiger partial charge is 0.491 e. The minimum Gasteiger partial charge on any atom is -0.491 e. The van der Waals surface area contributed by atoms with E-state index in [1.807, 2.05) is 12.1 Å². The lowest BCUT2D eigenvalue weighted by atomic mass is 9.86. The molecule has 0 spiro atoms. The first-order valence-electron chi connectivity index (χ1n) is 11.8. The van der Waals surface area contributed by atoms with Gasteiger partial charge in [-0.15, -0.1) is 0 Å². The number of carboxylic acid groups (broad SMARTS) is 1. The quantitative estimate of drug-likeness (QED) is 0.524. The topological polar surface area (TPSA) is 95.2 Å². The lowest BCUT2D eigenvalue weighted by Crippen LogP contribution is -2.09. The van der Waals surface area contributed by atoms with Crippen LogP contribution in [0.25, 0.3) is 11.1 Å². The number of rotatable bonds is 6. The Morgan fingerprint density at radius 2 is 2.03 bits per heavy atom. The third kappa shape index (κ3) is 3.40. The van der Waals surface area contributed by atoms with Crippen LogP contribution in [-0.2, 0) is 16.6 Å². The van der Waals surface area contributed by atoms with Gasteiger partial charge in [0.05, 0.1) is 48.1 Å². The van der Waals surface area contributed by atoms with Gasteiger partial charge in [0.2, 0.25) is 0 Å². The summed E-state index contributed by atoms with van der Waals surface area (Å²) >= 11 is 0. The Hall–Kier alpha value is -3.85. The highest BCUT2D eigenvalue weighted by molar-refractivity contribution is 5.76. The number of nitriles is 1. The smallest absolute Gasteiger partial charge is 0.304 e. The van der Waals surface area contributed by atoms with E-state index >= 15 is 0 Å². The SMILES string of the molecule is N#CC1(c2ccccc2-c2cccc3c2CC[C@H]3Nc2cnc3c(c2)OCC3CC(=O)O)CC1. The van der Waals surface area contributed by atoms with E-state index in [-0.39, 0.29) is 23.8 Å². The summed E-state index contributed by atoms with van der Waals surface area (Å²) in [5.74, 6) is -0.365. The van der Waals surface area contributed by atoms with Gasteiger partial charge >= 0.3 is 5.97 Å². The molecule has 2 atom stereocenters. The maximum Gasteiger partial charge on any atom is 0.304 e. The number of aromatic nitrogens is 1. The van der Waals surface area contributed by atoms with Gasteiger partial charge in [0.15, 0.2) is 0 Å². The van der Waals surface area contributed by atoms with Crippen LogP contribution >= 0.6 is 0 Å². The molecule has 1 fully saturated rings. The predicted molar refractivity (Wildman–Crippen MR) is 128 cm³/mol. The molecule has 1 aliphatic heterocycles. The van der Waals surface area contributed by atoms with Gasteiger partial charge in [0.1, 0.15) is 5.75 Å². The molecule has 1 aromatic heterocycles. The maximum absolute atomic E-state index is 11.1. The van der Waals surface area contributed by atoms with Crippen molar-refractivity contribution in [3.8, 4) is 22.9 Å². The molecule has 34 heavy (non-hydrogen) atoms. The van der Waals surface area contributed by atoms with Crippen molar-refractivity contribution in [2.45, 2.75) is 49.5 Å². The van der Waals surface area contributed by atoms with Crippen LogP contribution in [-0.4, -0.2) is 22.7 Å². The second kappa shape index (κ2) is 7.88. The zero-order valence-corrected chi connectivity index (χ0v) is 18.8. The summed E-state index contributed by atoms with van der Waals surface area (Å²) in [6.07, 6.45) is 5.61. The number of pyridine rings is 1. The molecule has 2 aromatic carbocycles. The zero-order valence-electron chi connectivity index (χ0n) is 18.8. The third-order valence-corrected chi connectivity index (χ3v) is 7.44. The number of fused-ring (bicyclic) bond motifs is 2. The summed E-state index contributed by atoms with van der Waals surface area (Å²) < 4.78 is 5.73. The molecular formula is C28H25N3O3. The summed E-state index contributed by atoms with van der Waals surface area (Å²) in [5.41, 5.74) is 7.45. The lowest BCUT2D eigenvalue weighted by molar-refractivity contribution is -0.137. The predicted octanol–water partition coefficient (Wildman–Crippen LogP) is 5.35. The van der Waals surface area contributed by atoms with Crippen LogP contribution in [0.1, 0.15) is 60.0 Å². The van der Waals surface area contributed by atoms with Gasteiger partial charge in [-0.3, -0.25) is 9.78 Å². The Bertz CT molecular complexity index is 1340. The van der Waals surface area contributed by atoms with Crippen molar-refractivity contribution in [2.75, 3.05) is 11.9 Å². The minimum atomic E-state index is -0.840. The molecule has 3 aliphatic rings. The van der Waals surface area contributed by atoms with Crippen molar-refractivity contribution in [1.82, 2.24) is 4.98 Å². The van der Waals surface area contributed by atoms with Crippen LogP contribution in [0.4, 0.5) is 5.69 Å². The zero-order chi connectivity index (χ0) is 23.3. The number of anilines is 1. The molecule has 1 unspecified atom stereocenters. The van der Waals surface area contributed by atoms with Crippen LogP contribution in [0.5, 0.6) is 5.75 Å². The molecule has 0 saturated heterocycles. The Morgan fingerprint density at radius 1 is 1.21 bits per heavy atom. The molecule has 1 saturated carbocycles. The lowest BCUT2D eigenvalue weighted by Gasteiger charge is -2.18. The fourth-order valence-electron chi connectivity index (χ4n) is 5.55. The van der Waals surface area contributed by atoms with Gasteiger partial charge in [-0.25, -0.2) is 0 Å². The first-order valence-corrected chi connectivity index (χ1v) is 11.8. The van der Waals surface area contributed by atoms with E-state index < -0.39 is 5.97 Å². The molecule has 6 nitrogen and oxygen atoms in total. The molecule has 0 amide bonds. The van der Waals surface area contributed by atoms with Crippen molar-refractivity contribution in [1.29, 1.82) is 5.26 Å². The van der Waals surface area contributed by atoms with E-state index in [0.29, 0.717) is 12.4 Å². The summed E-state index contributed by atoms with van der Waals surface area (Å²) in [5, 5.41) is 22.5. The average Bonchev–Trinajstić information content (AvgIpc) is 3.41. The molecule has 6 rings (SSSR count). The van der Waals surface area contributed by atoms with E-state index in [4.69, 9.17) is 9.84 Å². The molecule has 170 valence electrons. The first kappa shape index (κ1) is 20.7. The van der Waals surface area contributed by atoms with Crippen LogP contribution in [0.15, 0.2) is 54.7 Å². The Morgan fingerprint density at radius 3 is 2.82 bits per heavy atom. The molecular weight excluding hydrogens is 426 g/mol. The van der Waals surface area contributed by atoms with Crippen molar-refractivity contribution < 1.29 is 14.6 Å². The van der Waals surface area contributed by atoms with E-state index in [2.05, 4.69) is 52.8 Å². The number of nitrogens with one attached hydrogen (secondary N) is 1. The summed E-state index contributed by atoms with van der Waals surface area (Å²) in [4.78, 5) is 15.6. The molecule has 0 bridgehead atoms. The highest BCUT2D eigenvalue weighted by Gasteiger charge is 2.46. The van der Waals surface area contributed by atoms with Crippen LogP contribution in [0.3, 0.4) is 0 Å². The molecule has 2 N–H and O–H groups in total. The molecule has 3 aromatic rings. The van der Waals surface area contributed by atoms with E-state index in [9.17, 15) is 10.1 Å². The van der Waals surface area contributed by atoms with E-state index in [1.54, 1.807) is 6.20 Å². The number of aliphatic carboxylic acids is 1. The summed E-state index contributed by atoms with van der Waals surface area (Å²) in [7, 11) is 0. The van der Waals surface area contributed by atoms with E-state index in [0.717, 1.165) is 42.6 Å². The van der Waals surface area contributed by atoms with Gasteiger partial charge in [0.25, 0.3) is 0 Å². The molecule has 2 aliphatic carbocycles.